The summed E-state index contributed by atoms with van der Waals surface area (Å²) in [5, 5.41) is 16.2. The standard InChI is InChI=1S/C14H21ClN4O/c1-8-6-9(2)11(10(15)7-8)17-12(16)18-13(20)19-14(3,4)5/h6-7H,1-5H3,(H4,16,17,18,19,20). The summed E-state index contributed by atoms with van der Waals surface area (Å²) in [5.74, 6) is -0.124. The number of aryl methyl sites for hydroxylation is 2. The molecule has 0 heterocycles. The van der Waals surface area contributed by atoms with Crippen molar-refractivity contribution in [2.45, 2.75) is 40.2 Å². The van der Waals surface area contributed by atoms with Crippen molar-refractivity contribution in [2.75, 3.05) is 5.32 Å². The van der Waals surface area contributed by atoms with E-state index in [4.69, 9.17) is 17.0 Å². The highest BCUT2D eigenvalue weighted by atomic mass is 35.5. The molecule has 0 spiro atoms. The molecule has 0 bridgehead atoms. The summed E-state index contributed by atoms with van der Waals surface area (Å²) < 4.78 is 0. The van der Waals surface area contributed by atoms with E-state index in [2.05, 4.69) is 16.0 Å². The number of hydrogen-bond donors (Lipinski definition) is 4. The van der Waals surface area contributed by atoms with Gasteiger partial charge in [0.15, 0.2) is 0 Å². The Morgan fingerprint density at radius 2 is 1.85 bits per heavy atom. The molecule has 0 radical (unpaired) electrons. The van der Waals surface area contributed by atoms with Gasteiger partial charge in [-0.3, -0.25) is 10.7 Å². The molecule has 0 saturated heterocycles. The first kappa shape index (κ1) is 16.3. The van der Waals surface area contributed by atoms with Gasteiger partial charge in [-0.15, -0.1) is 0 Å². The molecule has 20 heavy (non-hydrogen) atoms. The summed E-state index contributed by atoms with van der Waals surface area (Å²) in [7, 11) is 0. The van der Waals surface area contributed by atoms with E-state index < -0.39 is 6.03 Å². The Morgan fingerprint density at radius 3 is 2.35 bits per heavy atom. The third-order valence-electron chi connectivity index (χ3n) is 2.41. The fraction of sp³-hybridized carbons (Fsp3) is 0.429. The van der Waals surface area contributed by atoms with Crippen molar-refractivity contribution in [3.8, 4) is 0 Å². The Hall–Kier alpha value is -1.75. The Labute approximate surface area is 124 Å². The summed E-state index contributed by atoms with van der Waals surface area (Å²) in [4.78, 5) is 11.6. The third-order valence-corrected chi connectivity index (χ3v) is 2.71. The minimum absolute atomic E-state index is 0.124. The first-order valence-electron chi connectivity index (χ1n) is 6.30. The van der Waals surface area contributed by atoms with E-state index in [1.807, 2.05) is 40.7 Å². The van der Waals surface area contributed by atoms with Gasteiger partial charge in [0.2, 0.25) is 5.96 Å². The van der Waals surface area contributed by atoms with E-state index in [-0.39, 0.29) is 11.5 Å². The van der Waals surface area contributed by atoms with Gasteiger partial charge in [0.1, 0.15) is 0 Å². The van der Waals surface area contributed by atoms with Crippen LogP contribution in [0, 0.1) is 19.3 Å². The van der Waals surface area contributed by atoms with Crippen LogP contribution in [0.25, 0.3) is 0 Å². The zero-order chi connectivity index (χ0) is 15.5. The maximum atomic E-state index is 11.6. The van der Waals surface area contributed by atoms with Crippen molar-refractivity contribution >= 4 is 29.3 Å². The van der Waals surface area contributed by atoms with Crippen LogP contribution in [0.3, 0.4) is 0 Å². The molecule has 4 N–H and O–H groups in total. The lowest BCUT2D eigenvalue weighted by atomic mass is 10.1. The normalized spacial score (nSPS) is 10.9. The number of amides is 2. The monoisotopic (exact) mass is 296 g/mol. The zero-order valence-corrected chi connectivity index (χ0v) is 13.2. The number of carbonyl (C=O) groups is 1. The van der Waals surface area contributed by atoms with E-state index in [9.17, 15) is 4.79 Å². The Balaban J connectivity index is 2.70. The van der Waals surface area contributed by atoms with Crippen molar-refractivity contribution in [3.63, 3.8) is 0 Å². The average Bonchev–Trinajstić information content (AvgIpc) is 2.20. The number of rotatable bonds is 1. The molecule has 0 aliphatic heterocycles. The largest absolute Gasteiger partial charge is 0.333 e. The van der Waals surface area contributed by atoms with Gasteiger partial charge in [-0.25, -0.2) is 4.79 Å². The van der Waals surface area contributed by atoms with Crippen LogP contribution in [-0.2, 0) is 0 Å². The number of benzene rings is 1. The van der Waals surface area contributed by atoms with Gasteiger partial charge in [0.25, 0.3) is 0 Å². The molecule has 2 amide bonds. The lowest BCUT2D eigenvalue weighted by Crippen LogP contribution is -2.49. The molecule has 6 heteroatoms. The van der Waals surface area contributed by atoms with Gasteiger partial charge in [0, 0.05) is 5.54 Å². The second-order valence-corrected chi connectivity index (χ2v) is 6.17. The predicted molar refractivity (Wildman–Crippen MR) is 83.7 cm³/mol. The molecule has 1 aromatic carbocycles. The van der Waals surface area contributed by atoms with Gasteiger partial charge in [-0.05, 0) is 51.8 Å². The Kier molecular flexibility index (Phi) is 5.00. The molecule has 110 valence electrons. The van der Waals surface area contributed by atoms with Gasteiger partial charge in [-0.1, -0.05) is 17.7 Å². The molecule has 1 rings (SSSR count). The summed E-state index contributed by atoms with van der Waals surface area (Å²) in [6.07, 6.45) is 0. The van der Waals surface area contributed by atoms with Crippen LogP contribution in [0.15, 0.2) is 12.1 Å². The maximum Gasteiger partial charge on any atom is 0.321 e. The number of guanidine groups is 1. The first-order valence-corrected chi connectivity index (χ1v) is 6.68. The van der Waals surface area contributed by atoms with Crippen LogP contribution in [-0.4, -0.2) is 17.5 Å². The van der Waals surface area contributed by atoms with Crippen molar-refractivity contribution in [3.05, 3.63) is 28.3 Å². The molecule has 0 aliphatic carbocycles. The molecule has 5 nitrogen and oxygen atoms in total. The average molecular weight is 297 g/mol. The smallest absolute Gasteiger partial charge is 0.321 e. The summed E-state index contributed by atoms with van der Waals surface area (Å²) >= 11 is 6.13. The van der Waals surface area contributed by atoms with E-state index in [1.165, 1.54) is 0 Å². The van der Waals surface area contributed by atoms with Gasteiger partial charge in [0.05, 0.1) is 10.7 Å². The van der Waals surface area contributed by atoms with Crippen LogP contribution >= 0.6 is 11.6 Å². The van der Waals surface area contributed by atoms with Crippen molar-refractivity contribution in [2.24, 2.45) is 0 Å². The Bertz CT molecular complexity index is 511. The third kappa shape index (κ3) is 5.09. The SMILES string of the molecule is Cc1cc(C)c(NC(=N)NC(=O)NC(C)(C)C)c(Cl)c1. The topological polar surface area (TPSA) is 77.0 Å². The van der Waals surface area contributed by atoms with Gasteiger partial charge in [-0.2, -0.15) is 0 Å². The number of nitrogens with one attached hydrogen (secondary N) is 4. The van der Waals surface area contributed by atoms with Gasteiger partial charge < -0.3 is 10.6 Å². The second kappa shape index (κ2) is 6.13. The molecule has 1 aromatic rings. The predicted octanol–water partition coefficient (Wildman–Crippen LogP) is 3.40. The fourth-order valence-electron chi connectivity index (χ4n) is 1.72. The van der Waals surface area contributed by atoms with Crippen molar-refractivity contribution in [1.29, 1.82) is 5.41 Å². The van der Waals surface area contributed by atoms with E-state index in [0.29, 0.717) is 10.7 Å². The first-order chi connectivity index (χ1) is 9.08. The lowest BCUT2D eigenvalue weighted by molar-refractivity contribution is 0.236. The highest BCUT2D eigenvalue weighted by Crippen LogP contribution is 2.26. The molecule has 0 saturated carbocycles. The number of halogens is 1. The van der Waals surface area contributed by atoms with Crippen LogP contribution in [0.4, 0.5) is 10.5 Å². The van der Waals surface area contributed by atoms with Crippen molar-refractivity contribution < 1.29 is 4.79 Å². The maximum absolute atomic E-state index is 11.6. The molecule has 0 unspecified atom stereocenters. The molecule has 0 atom stereocenters. The number of hydrogen-bond acceptors (Lipinski definition) is 2. The lowest BCUT2D eigenvalue weighted by Gasteiger charge is -2.21. The van der Waals surface area contributed by atoms with Crippen LogP contribution in [0.2, 0.25) is 5.02 Å². The molecule has 0 aliphatic rings. The quantitative estimate of drug-likeness (QED) is 0.473. The highest BCUT2D eigenvalue weighted by molar-refractivity contribution is 6.34. The summed E-state index contributed by atoms with van der Waals surface area (Å²) in [6, 6.07) is 3.33. The van der Waals surface area contributed by atoms with E-state index >= 15 is 0 Å². The van der Waals surface area contributed by atoms with Crippen LogP contribution in [0.1, 0.15) is 31.9 Å². The fourth-order valence-corrected chi connectivity index (χ4v) is 2.08. The molecular weight excluding hydrogens is 276 g/mol. The summed E-state index contributed by atoms with van der Waals surface area (Å²) in [6.45, 7) is 9.44. The van der Waals surface area contributed by atoms with E-state index in [1.54, 1.807) is 6.07 Å². The molecule has 0 fully saturated rings. The minimum atomic E-state index is -0.434. The number of urea groups is 1. The van der Waals surface area contributed by atoms with Crippen molar-refractivity contribution in [1.82, 2.24) is 10.6 Å². The zero-order valence-electron chi connectivity index (χ0n) is 12.4. The van der Waals surface area contributed by atoms with Crippen LogP contribution < -0.4 is 16.0 Å². The second-order valence-electron chi connectivity index (χ2n) is 5.77. The summed E-state index contributed by atoms with van der Waals surface area (Å²) in [5.41, 5.74) is 2.22. The number of carbonyl (C=O) groups excluding carboxylic acids is 1. The molecule has 0 aromatic heterocycles. The Morgan fingerprint density at radius 1 is 1.25 bits per heavy atom. The highest BCUT2D eigenvalue weighted by Gasteiger charge is 2.15. The minimum Gasteiger partial charge on any atom is -0.333 e. The number of anilines is 1. The molecular formula is C14H21ClN4O. The van der Waals surface area contributed by atoms with Crippen LogP contribution in [0.5, 0.6) is 0 Å². The van der Waals surface area contributed by atoms with E-state index in [0.717, 1.165) is 11.1 Å². The van der Waals surface area contributed by atoms with Gasteiger partial charge >= 0.3 is 6.03 Å².